The van der Waals surface area contributed by atoms with Gasteiger partial charge in [-0.05, 0) is 18.6 Å². The highest BCUT2D eigenvalue weighted by Crippen LogP contribution is 2.24. The van der Waals surface area contributed by atoms with E-state index < -0.39 is 0 Å². The molecule has 3 aromatic heterocycles. The second-order valence-electron chi connectivity index (χ2n) is 5.79. The first-order valence-corrected chi connectivity index (χ1v) is 8.85. The second kappa shape index (κ2) is 6.93. The van der Waals surface area contributed by atoms with Crippen LogP contribution in [-0.4, -0.2) is 30.9 Å². The van der Waals surface area contributed by atoms with E-state index in [1.807, 2.05) is 43.5 Å². The maximum atomic E-state index is 12.4. The molecule has 1 amide bonds. The van der Waals surface area contributed by atoms with Gasteiger partial charge in [0, 0.05) is 18.0 Å². The van der Waals surface area contributed by atoms with Crippen LogP contribution in [0.4, 0.5) is 5.69 Å². The molecule has 1 aromatic carbocycles. The number of carbonyl (C=O) groups excluding carboxylic acids is 1. The van der Waals surface area contributed by atoms with Crippen LogP contribution in [-0.2, 0) is 6.54 Å². The smallest absolute Gasteiger partial charge is 0.272 e. The lowest BCUT2D eigenvalue weighted by molar-refractivity contribution is 0.102. The quantitative estimate of drug-likeness (QED) is 0.568. The lowest BCUT2D eigenvalue weighted by Gasteiger charge is -2.01. The third-order valence-corrected chi connectivity index (χ3v) is 4.67. The largest absolute Gasteiger partial charge is 0.356 e. The summed E-state index contributed by atoms with van der Waals surface area (Å²) in [6, 6.07) is 11.8. The molecule has 0 bridgehead atoms. The molecule has 0 saturated carbocycles. The molecule has 7 nitrogen and oxygen atoms in total. The summed E-state index contributed by atoms with van der Waals surface area (Å²) in [5.74, 6) is -0.225. The minimum Gasteiger partial charge on any atom is -0.356 e. The van der Waals surface area contributed by atoms with Crippen molar-refractivity contribution in [2.45, 2.75) is 13.5 Å². The first kappa shape index (κ1) is 16.2. The van der Waals surface area contributed by atoms with E-state index in [1.165, 1.54) is 11.3 Å². The highest BCUT2D eigenvalue weighted by atomic mass is 32.1. The van der Waals surface area contributed by atoms with E-state index in [1.54, 1.807) is 23.1 Å². The molecule has 0 fully saturated rings. The van der Waals surface area contributed by atoms with Gasteiger partial charge in [-0.2, -0.15) is 5.10 Å². The Morgan fingerprint density at radius 3 is 2.88 bits per heavy atom. The van der Waals surface area contributed by atoms with Crippen LogP contribution in [0.1, 0.15) is 21.1 Å². The summed E-state index contributed by atoms with van der Waals surface area (Å²) in [6.45, 7) is 2.55. The zero-order valence-corrected chi connectivity index (χ0v) is 14.8. The zero-order valence-electron chi connectivity index (χ0n) is 14.0. The fourth-order valence-corrected chi connectivity index (χ4v) is 3.22. The first-order chi connectivity index (χ1) is 12.7. The molecule has 0 aliphatic carbocycles. The highest BCUT2D eigenvalue weighted by Gasteiger charge is 2.13. The number of nitrogens with zero attached hydrogens (tertiary/aromatic N) is 4. The lowest BCUT2D eigenvalue weighted by atomic mass is 10.2. The Balaban J connectivity index is 1.43. The van der Waals surface area contributed by atoms with E-state index in [-0.39, 0.29) is 5.91 Å². The number of hydrogen-bond acceptors (Lipinski definition) is 5. The summed E-state index contributed by atoms with van der Waals surface area (Å²) >= 11 is 1.49. The van der Waals surface area contributed by atoms with Gasteiger partial charge in [0.25, 0.3) is 5.91 Å². The maximum Gasteiger partial charge on any atom is 0.272 e. The van der Waals surface area contributed by atoms with Crippen LogP contribution in [0.25, 0.3) is 10.6 Å². The molecule has 0 aliphatic rings. The molecule has 2 N–H and O–H groups in total. The zero-order chi connectivity index (χ0) is 17.9. The number of nitrogens with one attached hydrogen (secondary N) is 2. The summed E-state index contributed by atoms with van der Waals surface area (Å²) in [5.41, 5.74) is 3.10. The molecule has 130 valence electrons. The van der Waals surface area contributed by atoms with Crippen molar-refractivity contribution >= 4 is 22.9 Å². The lowest BCUT2D eigenvalue weighted by Crippen LogP contribution is -2.11. The van der Waals surface area contributed by atoms with Gasteiger partial charge >= 0.3 is 0 Å². The molecule has 0 saturated heterocycles. The highest BCUT2D eigenvalue weighted by molar-refractivity contribution is 7.14. The first-order valence-electron chi connectivity index (χ1n) is 8.04. The fourth-order valence-electron chi connectivity index (χ4n) is 2.55. The summed E-state index contributed by atoms with van der Waals surface area (Å²) in [4.78, 5) is 15.4. The Kier molecular flexibility index (Phi) is 4.32. The van der Waals surface area contributed by atoms with Crippen LogP contribution in [0.3, 0.4) is 0 Å². The van der Waals surface area contributed by atoms with Gasteiger partial charge < -0.3 is 10.3 Å². The van der Waals surface area contributed by atoms with Crippen molar-refractivity contribution < 1.29 is 4.79 Å². The van der Waals surface area contributed by atoms with E-state index in [2.05, 4.69) is 25.6 Å². The topological polar surface area (TPSA) is 88.5 Å². The molecule has 0 unspecified atom stereocenters. The van der Waals surface area contributed by atoms with Gasteiger partial charge in [0.15, 0.2) is 0 Å². The van der Waals surface area contributed by atoms with Crippen molar-refractivity contribution in [3.63, 3.8) is 0 Å². The van der Waals surface area contributed by atoms with E-state index >= 15 is 0 Å². The second-order valence-corrected chi connectivity index (χ2v) is 6.98. The average molecular weight is 364 g/mol. The molecule has 0 radical (unpaired) electrons. The van der Waals surface area contributed by atoms with E-state index in [4.69, 9.17) is 0 Å². The number of amides is 1. The number of aromatic amines is 1. The van der Waals surface area contributed by atoms with Crippen LogP contribution in [0.15, 0.2) is 55.0 Å². The van der Waals surface area contributed by atoms with Crippen molar-refractivity contribution in [3.8, 4) is 10.6 Å². The maximum absolute atomic E-state index is 12.4. The Morgan fingerprint density at radius 2 is 2.12 bits per heavy atom. The average Bonchev–Trinajstić information content (AvgIpc) is 3.37. The summed E-state index contributed by atoms with van der Waals surface area (Å²) in [6.07, 6.45) is 5.20. The number of aromatic nitrogens is 5. The molecule has 0 aliphatic heterocycles. The predicted molar refractivity (Wildman–Crippen MR) is 100 cm³/mol. The van der Waals surface area contributed by atoms with Crippen LogP contribution < -0.4 is 5.32 Å². The monoisotopic (exact) mass is 364 g/mol. The predicted octanol–water partition coefficient (Wildman–Crippen LogP) is 3.34. The van der Waals surface area contributed by atoms with Gasteiger partial charge in [-0.3, -0.25) is 9.48 Å². The summed E-state index contributed by atoms with van der Waals surface area (Å²) < 4.78 is 1.79. The van der Waals surface area contributed by atoms with Crippen LogP contribution in [0, 0.1) is 6.92 Å². The van der Waals surface area contributed by atoms with Gasteiger partial charge in [0.1, 0.15) is 15.7 Å². The van der Waals surface area contributed by atoms with Crippen LogP contribution in [0.2, 0.25) is 0 Å². The number of benzene rings is 1. The summed E-state index contributed by atoms with van der Waals surface area (Å²) in [5, 5.41) is 16.9. The molecule has 4 rings (SSSR count). The van der Waals surface area contributed by atoms with Gasteiger partial charge in [0.2, 0.25) is 0 Å². The molecule has 8 heteroatoms. The van der Waals surface area contributed by atoms with Crippen molar-refractivity contribution in [1.82, 2.24) is 25.0 Å². The van der Waals surface area contributed by atoms with Crippen molar-refractivity contribution in [2.24, 2.45) is 0 Å². The number of H-pyrrole nitrogens is 1. The molecule has 0 spiro atoms. The molecule has 0 atom stereocenters. The van der Waals surface area contributed by atoms with E-state index in [0.717, 1.165) is 21.1 Å². The van der Waals surface area contributed by atoms with E-state index in [0.29, 0.717) is 17.9 Å². The number of aryl methyl sites for hydroxylation is 1. The Morgan fingerprint density at radius 1 is 1.27 bits per heavy atom. The van der Waals surface area contributed by atoms with Crippen molar-refractivity contribution in [1.29, 1.82) is 0 Å². The molecular weight excluding hydrogens is 348 g/mol. The summed E-state index contributed by atoms with van der Waals surface area (Å²) in [7, 11) is 0. The fraction of sp³-hybridized carbons (Fsp3) is 0.111. The van der Waals surface area contributed by atoms with Gasteiger partial charge in [-0.25, -0.2) is 0 Å². The third-order valence-electron chi connectivity index (χ3n) is 3.78. The van der Waals surface area contributed by atoms with Gasteiger partial charge in [0.05, 0.1) is 18.4 Å². The van der Waals surface area contributed by atoms with Crippen LogP contribution >= 0.6 is 11.3 Å². The number of carbonyl (C=O) groups is 1. The Hall–Kier alpha value is -3.26. The Labute approximate surface area is 153 Å². The van der Waals surface area contributed by atoms with Gasteiger partial charge in [-0.1, -0.05) is 41.7 Å². The van der Waals surface area contributed by atoms with Crippen LogP contribution in [0.5, 0.6) is 0 Å². The Bertz CT molecular complexity index is 1030. The standard InChI is InChI=1S/C18H16N6OS/c1-12-22-23-18(26-12)14-7-16(19-8-14)17(25)21-15-9-20-24(11-15)10-13-5-3-2-4-6-13/h2-9,11,19H,10H2,1H3,(H,21,25). The van der Waals surface area contributed by atoms with E-state index in [9.17, 15) is 4.79 Å². The van der Waals surface area contributed by atoms with Crippen molar-refractivity contribution in [2.75, 3.05) is 5.32 Å². The molecule has 3 heterocycles. The SMILES string of the molecule is Cc1nnc(-c2c[nH]c(C(=O)Nc3cnn(Cc4ccccc4)c3)c2)s1. The number of hydrogen-bond donors (Lipinski definition) is 2. The number of anilines is 1. The minimum atomic E-state index is -0.225. The molecule has 26 heavy (non-hydrogen) atoms. The number of rotatable bonds is 5. The van der Waals surface area contributed by atoms with Gasteiger partial charge in [-0.15, -0.1) is 10.2 Å². The third kappa shape index (κ3) is 3.55. The normalized spacial score (nSPS) is 10.8. The van der Waals surface area contributed by atoms with Crippen molar-refractivity contribution in [3.05, 3.63) is 71.3 Å². The minimum absolute atomic E-state index is 0.225. The molecule has 4 aromatic rings. The molecular formula is C18H16N6OS.